The van der Waals surface area contributed by atoms with Crippen molar-refractivity contribution < 1.29 is 35.9 Å². The van der Waals surface area contributed by atoms with Crippen molar-refractivity contribution >= 4 is 43.9 Å². The first-order chi connectivity index (χ1) is 15.4. The molecule has 3 rings (SSSR count). The number of hydrogen-bond acceptors (Lipinski definition) is 6. The fourth-order valence-electron chi connectivity index (χ4n) is 3.61. The molecule has 1 aromatic carbocycles. The maximum Gasteiger partial charge on any atom is 0.416 e. The van der Waals surface area contributed by atoms with Crippen molar-refractivity contribution in [2.24, 2.45) is 0 Å². The molecule has 0 aliphatic heterocycles. The molecule has 0 spiro atoms. The fourth-order valence-corrected chi connectivity index (χ4v) is 5.75. The summed E-state index contributed by atoms with van der Waals surface area (Å²) in [7, 11) is -4.09. The molecule has 0 saturated heterocycles. The highest BCUT2D eigenvalue weighted by molar-refractivity contribution is 7.92. The molecular formula is C21H23F3N2O5S2. The third-order valence-electron chi connectivity index (χ3n) is 5.05. The van der Waals surface area contributed by atoms with Gasteiger partial charge in [0.1, 0.15) is 11.5 Å². The van der Waals surface area contributed by atoms with E-state index in [1.54, 1.807) is 6.92 Å². The first kappa shape index (κ1) is 25.0. The number of thiophene rings is 1. The van der Waals surface area contributed by atoms with Gasteiger partial charge in [-0.1, -0.05) is 6.07 Å². The minimum absolute atomic E-state index is 0.147. The molecule has 1 heterocycles. The Balaban J connectivity index is 1.90. The molecule has 0 saturated carbocycles. The lowest BCUT2D eigenvalue weighted by molar-refractivity contribution is -0.137. The van der Waals surface area contributed by atoms with E-state index < -0.39 is 40.2 Å². The molecule has 33 heavy (non-hydrogen) atoms. The molecule has 0 fully saturated rings. The van der Waals surface area contributed by atoms with Gasteiger partial charge in [0.25, 0.3) is 0 Å². The molecule has 0 bridgehead atoms. The predicted molar refractivity (Wildman–Crippen MR) is 119 cm³/mol. The third kappa shape index (κ3) is 5.85. The zero-order valence-corrected chi connectivity index (χ0v) is 19.6. The molecular weight excluding hydrogens is 481 g/mol. The zero-order valence-electron chi connectivity index (χ0n) is 18.0. The second kappa shape index (κ2) is 9.72. The van der Waals surface area contributed by atoms with Crippen LogP contribution in [0.2, 0.25) is 0 Å². The Hall–Kier alpha value is -2.60. The number of ether oxygens (including phenoxy) is 1. The van der Waals surface area contributed by atoms with Gasteiger partial charge in [0.05, 0.1) is 29.7 Å². The maximum absolute atomic E-state index is 13.1. The summed E-state index contributed by atoms with van der Waals surface area (Å²) < 4.78 is 69.6. The van der Waals surface area contributed by atoms with Crippen molar-refractivity contribution in [1.82, 2.24) is 0 Å². The van der Waals surface area contributed by atoms with E-state index in [9.17, 15) is 31.2 Å². The Morgan fingerprint density at radius 2 is 1.91 bits per heavy atom. The Kier molecular flexibility index (Phi) is 7.37. The number of carbonyl (C=O) groups is 2. The summed E-state index contributed by atoms with van der Waals surface area (Å²) in [5.41, 5.74) is -0.254. The largest absolute Gasteiger partial charge is 0.462 e. The number of fused-ring (bicyclic) bond motifs is 1. The second-order valence-corrected chi connectivity index (χ2v) is 10.5. The molecule has 2 aromatic rings. The van der Waals surface area contributed by atoms with Crippen LogP contribution in [0.15, 0.2) is 24.3 Å². The number of sulfonamides is 1. The van der Waals surface area contributed by atoms with E-state index >= 15 is 0 Å². The van der Waals surface area contributed by atoms with Crippen LogP contribution in [-0.2, 0) is 38.6 Å². The Labute approximate surface area is 193 Å². The molecule has 1 amide bonds. The van der Waals surface area contributed by atoms with Gasteiger partial charge in [0.2, 0.25) is 15.9 Å². The number of amides is 1. The summed E-state index contributed by atoms with van der Waals surface area (Å²) in [5, 5.41) is 2.83. The van der Waals surface area contributed by atoms with Gasteiger partial charge in [-0.3, -0.25) is 9.10 Å². The molecule has 0 unspecified atom stereocenters. The summed E-state index contributed by atoms with van der Waals surface area (Å²) in [6, 6.07) is 3.73. The standard InChI is InChI=1S/C21H23F3N2O5S2/c1-3-31-20(28)18-15-9-4-5-10-16(15)32-19(18)25-17(27)12-26(33(2,29)30)14-8-6-7-13(11-14)21(22,23)24/h6-8,11H,3-5,9-10,12H2,1-2H3,(H,25,27). The Morgan fingerprint density at radius 1 is 1.21 bits per heavy atom. The van der Waals surface area contributed by atoms with E-state index in [-0.39, 0.29) is 22.9 Å². The van der Waals surface area contributed by atoms with Gasteiger partial charge in [-0.25, -0.2) is 13.2 Å². The summed E-state index contributed by atoms with van der Waals surface area (Å²) in [6.07, 6.45) is -0.626. The highest BCUT2D eigenvalue weighted by atomic mass is 32.2. The number of nitrogens with zero attached hydrogens (tertiary/aromatic N) is 1. The minimum atomic E-state index is -4.67. The highest BCUT2D eigenvalue weighted by Crippen LogP contribution is 2.39. The number of rotatable bonds is 7. The minimum Gasteiger partial charge on any atom is -0.462 e. The number of hydrogen-bond donors (Lipinski definition) is 1. The van der Waals surface area contributed by atoms with Crippen LogP contribution >= 0.6 is 11.3 Å². The van der Waals surface area contributed by atoms with Crippen molar-refractivity contribution in [1.29, 1.82) is 0 Å². The van der Waals surface area contributed by atoms with Gasteiger partial charge in [-0.15, -0.1) is 11.3 Å². The number of esters is 1. The van der Waals surface area contributed by atoms with Crippen LogP contribution in [0.4, 0.5) is 23.9 Å². The van der Waals surface area contributed by atoms with Gasteiger partial charge in [0, 0.05) is 4.88 Å². The number of halogens is 3. The van der Waals surface area contributed by atoms with Gasteiger partial charge in [-0.2, -0.15) is 13.2 Å². The molecule has 1 aliphatic rings. The lowest BCUT2D eigenvalue weighted by Gasteiger charge is -2.22. The van der Waals surface area contributed by atoms with Crippen LogP contribution in [-0.4, -0.2) is 39.7 Å². The first-order valence-electron chi connectivity index (χ1n) is 10.2. The van der Waals surface area contributed by atoms with Crippen LogP contribution in [0.3, 0.4) is 0 Å². The SMILES string of the molecule is CCOC(=O)c1c(NC(=O)CN(c2cccc(C(F)(F)F)c2)S(C)(=O)=O)sc2c1CCCC2. The predicted octanol–water partition coefficient (Wildman–Crippen LogP) is 4.23. The number of alkyl halides is 3. The fraction of sp³-hybridized carbons (Fsp3) is 0.429. The number of anilines is 2. The summed E-state index contributed by atoms with van der Waals surface area (Å²) in [6.45, 7) is 1.05. The van der Waals surface area contributed by atoms with Crippen LogP contribution in [0.1, 0.15) is 46.1 Å². The second-order valence-electron chi connectivity index (χ2n) is 7.50. The highest BCUT2D eigenvalue weighted by Gasteiger charge is 2.32. The average Bonchev–Trinajstić information content (AvgIpc) is 3.08. The van der Waals surface area contributed by atoms with Gasteiger partial charge in [0.15, 0.2) is 0 Å². The van der Waals surface area contributed by atoms with Crippen molar-refractivity contribution in [2.45, 2.75) is 38.8 Å². The number of nitrogens with one attached hydrogen (secondary N) is 1. The number of aryl methyl sites for hydroxylation is 1. The van der Waals surface area contributed by atoms with Gasteiger partial charge < -0.3 is 10.1 Å². The normalized spacial score (nSPS) is 13.8. The lowest BCUT2D eigenvalue weighted by atomic mass is 9.95. The zero-order chi connectivity index (χ0) is 24.4. The van der Waals surface area contributed by atoms with Crippen molar-refractivity contribution in [3.05, 3.63) is 45.8 Å². The third-order valence-corrected chi connectivity index (χ3v) is 7.40. The summed E-state index contributed by atoms with van der Waals surface area (Å²) >= 11 is 1.23. The molecule has 1 N–H and O–H groups in total. The van der Waals surface area contributed by atoms with Crippen molar-refractivity contribution in [3.8, 4) is 0 Å². The lowest BCUT2D eigenvalue weighted by Crippen LogP contribution is -2.37. The van der Waals surface area contributed by atoms with Crippen molar-refractivity contribution in [3.63, 3.8) is 0 Å². The van der Waals surface area contributed by atoms with E-state index in [1.807, 2.05) is 0 Å². The molecule has 1 aliphatic carbocycles. The summed E-state index contributed by atoms with van der Waals surface area (Å²) in [5.74, 6) is -1.37. The van der Waals surface area contributed by atoms with Crippen molar-refractivity contribution in [2.75, 3.05) is 29.0 Å². The van der Waals surface area contributed by atoms with E-state index in [0.29, 0.717) is 16.8 Å². The van der Waals surface area contributed by atoms with Gasteiger partial charge in [-0.05, 0) is 56.4 Å². The quantitative estimate of drug-likeness (QED) is 0.570. The molecule has 12 heteroatoms. The monoisotopic (exact) mass is 504 g/mol. The Bertz CT molecular complexity index is 1160. The molecule has 1 aromatic heterocycles. The van der Waals surface area contributed by atoms with Crippen LogP contribution in [0.5, 0.6) is 0 Å². The molecule has 0 radical (unpaired) electrons. The Morgan fingerprint density at radius 3 is 2.55 bits per heavy atom. The van der Waals surface area contributed by atoms with Crippen LogP contribution < -0.4 is 9.62 Å². The van der Waals surface area contributed by atoms with Crippen LogP contribution in [0.25, 0.3) is 0 Å². The van der Waals surface area contributed by atoms with E-state index in [4.69, 9.17) is 4.74 Å². The number of benzene rings is 1. The van der Waals surface area contributed by atoms with E-state index in [1.165, 1.54) is 17.4 Å². The molecule has 180 valence electrons. The van der Waals surface area contributed by atoms with E-state index in [0.717, 1.165) is 48.1 Å². The average molecular weight is 505 g/mol. The maximum atomic E-state index is 13.1. The molecule has 7 nitrogen and oxygen atoms in total. The summed E-state index contributed by atoms with van der Waals surface area (Å²) in [4.78, 5) is 26.3. The van der Waals surface area contributed by atoms with E-state index in [2.05, 4.69) is 5.32 Å². The smallest absolute Gasteiger partial charge is 0.416 e. The topological polar surface area (TPSA) is 92.8 Å². The molecule has 0 atom stereocenters. The number of carbonyl (C=O) groups excluding carboxylic acids is 2. The van der Waals surface area contributed by atoms with Crippen LogP contribution in [0, 0.1) is 0 Å². The van der Waals surface area contributed by atoms with Gasteiger partial charge >= 0.3 is 12.1 Å². The first-order valence-corrected chi connectivity index (χ1v) is 12.8.